The lowest BCUT2D eigenvalue weighted by molar-refractivity contribution is -0.141. The lowest BCUT2D eigenvalue weighted by Crippen LogP contribution is -2.31. The minimum absolute atomic E-state index is 0.280. The van der Waals surface area contributed by atoms with E-state index in [0.29, 0.717) is 18.9 Å². The van der Waals surface area contributed by atoms with E-state index in [1.807, 2.05) is 6.92 Å². The van der Waals surface area contributed by atoms with Crippen molar-refractivity contribution in [2.24, 2.45) is 5.92 Å². The van der Waals surface area contributed by atoms with Gasteiger partial charge < -0.3 is 9.84 Å². The van der Waals surface area contributed by atoms with Crippen molar-refractivity contribution in [1.29, 1.82) is 0 Å². The first-order chi connectivity index (χ1) is 7.23. The highest BCUT2D eigenvalue weighted by molar-refractivity contribution is 5.65. The Bertz CT molecular complexity index is 211. The molecule has 16 heavy (non-hydrogen) atoms. The highest BCUT2D eigenvalue weighted by Gasteiger charge is 2.26. The van der Waals surface area contributed by atoms with Crippen molar-refractivity contribution in [1.82, 2.24) is 0 Å². The van der Waals surface area contributed by atoms with E-state index in [1.165, 1.54) is 20.8 Å². The summed E-state index contributed by atoms with van der Waals surface area (Å²) >= 11 is 0. The van der Waals surface area contributed by atoms with E-state index in [-0.39, 0.29) is 5.97 Å². The number of halogens is 1. The van der Waals surface area contributed by atoms with Gasteiger partial charge in [0.15, 0.2) is 0 Å². The summed E-state index contributed by atoms with van der Waals surface area (Å²) in [4.78, 5) is 10.5. The Labute approximate surface area is 97.0 Å². The van der Waals surface area contributed by atoms with Crippen LogP contribution in [0.1, 0.15) is 47.0 Å². The Hall–Kier alpha value is -0.640. The molecule has 0 unspecified atom stereocenters. The zero-order chi connectivity index (χ0) is 12.8. The molecule has 0 aliphatic heterocycles. The van der Waals surface area contributed by atoms with Crippen LogP contribution < -0.4 is 0 Å². The first-order valence-electron chi connectivity index (χ1n) is 5.73. The number of hydrogen-bond acceptors (Lipinski definition) is 3. The van der Waals surface area contributed by atoms with Crippen LogP contribution in [-0.4, -0.2) is 29.5 Å². The topological polar surface area (TPSA) is 46.5 Å². The number of carbonyl (C=O) groups excluding carboxylic acids is 1. The van der Waals surface area contributed by atoms with Gasteiger partial charge in [-0.2, -0.15) is 0 Å². The summed E-state index contributed by atoms with van der Waals surface area (Å²) in [6.07, 6.45) is 0.989. The van der Waals surface area contributed by atoms with E-state index in [2.05, 4.69) is 0 Å². The number of aliphatic hydroxyl groups is 1. The molecule has 96 valence electrons. The Morgan fingerprint density at radius 1 is 1.38 bits per heavy atom. The molecule has 0 amide bonds. The van der Waals surface area contributed by atoms with Crippen molar-refractivity contribution >= 4 is 5.97 Å². The molecule has 0 saturated carbocycles. The van der Waals surface area contributed by atoms with Gasteiger partial charge in [0.05, 0.1) is 12.7 Å². The number of esters is 1. The number of hydrogen-bond donors (Lipinski definition) is 1. The fraction of sp³-hybridized carbons (Fsp3) is 0.917. The Morgan fingerprint density at radius 2 is 1.94 bits per heavy atom. The van der Waals surface area contributed by atoms with Crippen LogP contribution >= 0.6 is 0 Å². The van der Waals surface area contributed by atoms with E-state index in [1.54, 1.807) is 0 Å². The van der Waals surface area contributed by atoms with Crippen molar-refractivity contribution in [3.8, 4) is 0 Å². The van der Waals surface area contributed by atoms with Crippen molar-refractivity contribution < 1.29 is 19.0 Å². The minimum atomic E-state index is -1.55. The molecule has 0 radical (unpaired) electrons. The third-order valence-corrected chi connectivity index (χ3v) is 2.64. The third-order valence-electron chi connectivity index (χ3n) is 2.64. The van der Waals surface area contributed by atoms with Crippen LogP contribution in [-0.2, 0) is 9.53 Å². The molecule has 0 spiro atoms. The molecule has 0 fully saturated rings. The number of rotatable bonds is 7. The van der Waals surface area contributed by atoms with Gasteiger partial charge in [0.1, 0.15) is 5.67 Å². The van der Waals surface area contributed by atoms with Crippen LogP contribution in [0.25, 0.3) is 0 Å². The van der Waals surface area contributed by atoms with Gasteiger partial charge in [-0.3, -0.25) is 4.79 Å². The average Bonchev–Trinajstić information content (AvgIpc) is 2.11. The van der Waals surface area contributed by atoms with Gasteiger partial charge in [-0.25, -0.2) is 4.39 Å². The van der Waals surface area contributed by atoms with Crippen LogP contribution in [0.2, 0.25) is 0 Å². The van der Waals surface area contributed by atoms with Crippen LogP contribution in [0.3, 0.4) is 0 Å². The quantitative estimate of drug-likeness (QED) is 0.688. The molecule has 0 bridgehead atoms. The van der Waals surface area contributed by atoms with Crippen LogP contribution in [0.5, 0.6) is 0 Å². The maximum absolute atomic E-state index is 13.3. The van der Waals surface area contributed by atoms with Gasteiger partial charge in [0, 0.05) is 6.92 Å². The first-order valence-corrected chi connectivity index (χ1v) is 5.73. The lowest BCUT2D eigenvalue weighted by Gasteiger charge is -2.23. The molecular weight excluding hydrogens is 211 g/mol. The zero-order valence-corrected chi connectivity index (χ0v) is 10.6. The van der Waals surface area contributed by atoms with Crippen molar-refractivity contribution in [2.45, 2.75) is 58.7 Å². The standard InChI is InChI=1S/C12H23FO3/c1-9(7-8-16-10(2)14)5-6-11(15)12(3,4)13/h9,11,15H,5-8H2,1-4H3/t9-,11+/m1/s1. The Balaban J connectivity index is 3.65. The summed E-state index contributed by atoms with van der Waals surface area (Å²) in [5.41, 5.74) is -1.55. The largest absolute Gasteiger partial charge is 0.466 e. The lowest BCUT2D eigenvalue weighted by atomic mass is 9.94. The van der Waals surface area contributed by atoms with Gasteiger partial charge in [0.2, 0.25) is 0 Å². The monoisotopic (exact) mass is 234 g/mol. The van der Waals surface area contributed by atoms with E-state index in [4.69, 9.17) is 4.74 Å². The number of ether oxygens (including phenoxy) is 1. The third kappa shape index (κ3) is 7.63. The van der Waals surface area contributed by atoms with Crippen molar-refractivity contribution in [3.05, 3.63) is 0 Å². The highest BCUT2D eigenvalue weighted by Crippen LogP contribution is 2.21. The van der Waals surface area contributed by atoms with Gasteiger partial charge >= 0.3 is 5.97 Å². The summed E-state index contributed by atoms with van der Waals surface area (Å²) in [6.45, 7) is 6.52. The van der Waals surface area contributed by atoms with Gasteiger partial charge in [0.25, 0.3) is 0 Å². The SMILES string of the molecule is CC(=O)OCC[C@H](C)CC[C@H](O)C(C)(C)F. The summed E-state index contributed by atoms with van der Waals surface area (Å²) in [5.74, 6) is 0.0356. The predicted octanol–water partition coefficient (Wildman–Crippen LogP) is 2.46. The number of carbonyl (C=O) groups is 1. The number of alkyl halides is 1. The molecule has 0 heterocycles. The molecule has 2 atom stereocenters. The van der Waals surface area contributed by atoms with E-state index >= 15 is 0 Å². The Kier molecular flexibility index (Phi) is 6.56. The molecule has 0 saturated heterocycles. The molecule has 0 aromatic carbocycles. The number of aliphatic hydroxyl groups excluding tert-OH is 1. The summed E-state index contributed by atoms with van der Waals surface area (Å²) in [7, 11) is 0. The molecule has 0 rings (SSSR count). The van der Waals surface area contributed by atoms with E-state index < -0.39 is 11.8 Å². The maximum Gasteiger partial charge on any atom is 0.302 e. The normalized spacial score (nSPS) is 15.6. The second-order valence-corrected chi connectivity index (χ2v) is 4.89. The van der Waals surface area contributed by atoms with E-state index in [9.17, 15) is 14.3 Å². The highest BCUT2D eigenvalue weighted by atomic mass is 19.1. The summed E-state index contributed by atoms with van der Waals surface area (Å²) in [5, 5.41) is 9.49. The summed E-state index contributed by atoms with van der Waals surface area (Å²) < 4.78 is 18.1. The molecule has 3 nitrogen and oxygen atoms in total. The van der Waals surface area contributed by atoms with Gasteiger partial charge in [-0.15, -0.1) is 0 Å². The molecule has 1 N–H and O–H groups in total. The minimum Gasteiger partial charge on any atom is -0.466 e. The van der Waals surface area contributed by atoms with Crippen molar-refractivity contribution in [3.63, 3.8) is 0 Å². The molecule has 0 aliphatic carbocycles. The summed E-state index contributed by atoms with van der Waals surface area (Å²) in [6, 6.07) is 0. The fourth-order valence-corrected chi connectivity index (χ4v) is 1.33. The molecule has 4 heteroatoms. The maximum atomic E-state index is 13.3. The predicted molar refractivity (Wildman–Crippen MR) is 60.8 cm³/mol. The van der Waals surface area contributed by atoms with Gasteiger partial charge in [-0.05, 0) is 39.0 Å². The molecule has 0 aromatic rings. The van der Waals surface area contributed by atoms with Crippen LogP contribution in [0.15, 0.2) is 0 Å². The smallest absolute Gasteiger partial charge is 0.302 e. The van der Waals surface area contributed by atoms with Crippen molar-refractivity contribution in [2.75, 3.05) is 6.61 Å². The molecule has 0 aromatic heterocycles. The second kappa shape index (κ2) is 6.84. The Morgan fingerprint density at radius 3 is 2.38 bits per heavy atom. The van der Waals surface area contributed by atoms with Crippen LogP contribution in [0.4, 0.5) is 4.39 Å². The second-order valence-electron chi connectivity index (χ2n) is 4.89. The molecule has 0 aliphatic rings. The van der Waals surface area contributed by atoms with E-state index in [0.717, 1.165) is 12.8 Å². The first kappa shape index (κ1) is 15.4. The zero-order valence-electron chi connectivity index (χ0n) is 10.6. The average molecular weight is 234 g/mol. The van der Waals surface area contributed by atoms with Gasteiger partial charge in [-0.1, -0.05) is 6.92 Å². The fourth-order valence-electron chi connectivity index (χ4n) is 1.33. The van der Waals surface area contributed by atoms with Crippen LogP contribution in [0, 0.1) is 5.92 Å². The molecular formula is C12H23FO3.